The predicted molar refractivity (Wildman–Crippen MR) is 70.5 cm³/mol. The lowest BCUT2D eigenvalue weighted by Gasteiger charge is -2.32. The first kappa shape index (κ1) is 13.5. The molecule has 1 aliphatic carbocycles. The number of amides is 2. The lowest BCUT2D eigenvalue weighted by molar-refractivity contribution is -0.141. The molecule has 1 heterocycles. The second kappa shape index (κ2) is 5.38. The summed E-state index contributed by atoms with van der Waals surface area (Å²) in [6.45, 7) is 5.10. The fourth-order valence-corrected chi connectivity index (χ4v) is 3.99. The maximum Gasteiger partial charge on any atom is 0.327 e. The van der Waals surface area contributed by atoms with E-state index < -0.39 is 12.0 Å². The van der Waals surface area contributed by atoms with E-state index in [-0.39, 0.29) is 11.4 Å². The number of carboxylic acid groups (broad SMARTS) is 1. The molecule has 2 atom stereocenters. The molecule has 1 N–H and O–H groups in total. The van der Waals surface area contributed by atoms with Crippen molar-refractivity contribution < 1.29 is 14.7 Å². The highest BCUT2D eigenvalue weighted by Gasteiger charge is 2.48. The Morgan fingerprint density at radius 3 is 2.39 bits per heavy atom. The fraction of sp³-hybridized carbons (Fsp3) is 0.833. The number of hydrogen-bond acceptors (Lipinski definition) is 3. The zero-order chi connectivity index (χ0) is 13.3. The van der Waals surface area contributed by atoms with Crippen LogP contribution >= 0.6 is 11.8 Å². The van der Waals surface area contributed by atoms with E-state index in [1.54, 1.807) is 21.6 Å². The zero-order valence-corrected chi connectivity index (χ0v) is 11.7. The topological polar surface area (TPSA) is 60.9 Å². The normalized spacial score (nSPS) is 27.3. The average Bonchev–Trinajstić information content (AvgIpc) is 3.08. The second-order valence-electron chi connectivity index (χ2n) is 4.78. The number of hydrogen-bond donors (Lipinski definition) is 1. The van der Waals surface area contributed by atoms with Gasteiger partial charge in [-0.2, -0.15) is 0 Å². The quantitative estimate of drug-likeness (QED) is 0.846. The van der Waals surface area contributed by atoms with Crippen molar-refractivity contribution >= 4 is 23.8 Å². The van der Waals surface area contributed by atoms with Gasteiger partial charge in [-0.05, 0) is 32.6 Å². The number of rotatable bonds is 4. The van der Waals surface area contributed by atoms with E-state index in [1.807, 2.05) is 13.8 Å². The van der Waals surface area contributed by atoms with Crippen LogP contribution in [0.15, 0.2) is 0 Å². The SMILES string of the molecule is CCN(CC)C(=O)N1C(C(=O)O)CSC1C1CC1. The largest absolute Gasteiger partial charge is 0.480 e. The average molecular weight is 272 g/mol. The molecule has 0 spiro atoms. The minimum atomic E-state index is -0.883. The maximum absolute atomic E-state index is 12.4. The first-order valence-electron chi connectivity index (χ1n) is 6.51. The van der Waals surface area contributed by atoms with E-state index in [0.29, 0.717) is 24.8 Å². The van der Waals surface area contributed by atoms with Gasteiger partial charge in [0.05, 0.1) is 5.37 Å². The molecule has 2 amide bonds. The number of carbonyl (C=O) groups excluding carboxylic acids is 1. The van der Waals surface area contributed by atoms with E-state index in [2.05, 4.69) is 0 Å². The van der Waals surface area contributed by atoms with Crippen molar-refractivity contribution in [2.75, 3.05) is 18.8 Å². The van der Waals surface area contributed by atoms with Crippen LogP contribution in [0.1, 0.15) is 26.7 Å². The van der Waals surface area contributed by atoms with Gasteiger partial charge < -0.3 is 10.0 Å². The number of nitrogens with zero attached hydrogens (tertiary/aromatic N) is 2. The third-order valence-corrected chi connectivity index (χ3v) is 5.06. The number of thioether (sulfide) groups is 1. The van der Waals surface area contributed by atoms with Crippen molar-refractivity contribution in [3.05, 3.63) is 0 Å². The van der Waals surface area contributed by atoms with E-state index in [0.717, 1.165) is 12.8 Å². The Morgan fingerprint density at radius 2 is 1.94 bits per heavy atom. The Kier molecular flexibility index (Phi) is 4.04. The predicted octanol–water partition coefficient (Wildman–Crippen LogP) is 1.69. The van der Waals surface area contributed by atoms with Crippen molar-refractivity contribution in [3.63, 3.8) is 0 Å². The lowest BCUT2D eigenvalue weighted by Crippen LogP contribution is -2.52. The molecule has 0 aromatic rings. The van der Waals surface area contributed by atoms with Crippen LogP contribution in [-0.2, 0) is 4.79 Å². The van der Waals surface area contributed by atoms with Gasteiger partial charge in [-0.25, -0.2) is 9.59 Å². The molecule has 1 saturated carbocycles. The third-order valence-electron chi connectivity index (χ3n) is 3.60. The molecular weight excluding hydrogens is 252 g/mol. The first-order chi connectivity index (χ1) is 8.60. The van der Waals surface area contributed by atoms with Gasteiger partial charge in [0.15, 0.2) is 0 Å². The summed E-state index contributed by atoms with van der Waals surface area (Å²) in [6.07, 6.45) is 2.23. The van der Waals surface area contributed by atoms with Crippen LogP contribution in [0.5, 0.6) is 0 Å². The Bertz CT molecular complexity index is 342. The highest BCUT2D eigenvalue weighted by atomic mass is 32.2. The van der Waals surface area contributed by atoms with Gasteiger partial charge in [-0.3, -0.25) is 4.90 Å². The molecule has 0 bridgehead atoms. The van der Waals surface area contributed by atoms with Crippen LogP contribution in [-0.4, -0.2) is 57.2 Å². The van der Waals surface area contributed by atoms with Crippen LogP contribution in [0, 0.1) is 5.92 Å². The summed E-state index contributed by atoms with van der Waals surface area (Å²) in [4.78, 5) is 27.0. The van der Waals surface area contributed by atoms with Gasteiger partial charge >= 0.3 is 12.0 Å². The Balaban J connectivity index is 2.17. The molecule has 6 heteroatoms. The van der Waals surface area contributed by atoms with E-state index in [1.165, 1.54) is 0 Å². The second-order valence-corrected chi connectivity index (χ2v) is 5.93. The van der Waals surface area contributed by atoms with Gasteiger partial charge in [-0.1, -0.05) is 0 Å². The molecule has 0 aromatic heterocycles. The minimum Gasteiger partial charge on any atom is -0.480 e. The molecule has 0 radical (unpaired) electrons. The minimum absolute atomic E-state index is 0.0687. The van der Waals surface area contributed by atoms with Gasteiger partial charge in [0.25, 0.3) is 0 Å². The van der Waals surface area contributed by atoms with Crippen molar-refractivity contribution in [1.82, 2.24) is 9.80 Å². The molecule has 1 saturated heterocycles. The number of carboxylic acids is 1. The number of carbonyl (C=O) groups is 2. The molecule has 18 heavy (non-hydrogen) atoms. The summed E-state index contributed by atoms with van der Waals surface area (Å²) in [6, 6.07) is -0.775. The molecule has 2 aliphatic rings. The first-order valence-corrected chi connectivity index (χ1v) is 7.56. The summed E-state index contributed by atoms with van der Waals surface area (Å²) >= 11 is 1.62. The van der Waals surface area contributed by atoms with E-state index in [9.17, 15) is 14.7 Å². The van der Waals surface area contributed by atoms with E-state index in [4.69, 9.17) is 0 Å². The van der Waals surface area contributed by atoms with Crippen LogP contribution in [0.3, 0.4) is 0 Å². The Labute approximate surface area is 112 Å². The number of aliphatic carboxylic acids is 1. The van der Waals surface area contributed by atoms with Crippen molar-refractivity contribution in [2.45, 2.75) is 38.1 Å². The summed E-state index contributed by atoms with van der Waals surface area (Å²) in [5.74, 6) is 0.133. The van der Waals surface area contributed by atoms with Gasteiger partial charge in [0, 0.05) is 18.8 Å². The van der Waals surface area contributed by atoms with Crippen LogP contribution in [0.4, 0.5) is 4.79 Å². The third kappa shape index (κ3) is 2.43. The molecular formula is C12H20N2O3S. The summed E-state index contributed by atoms with van der Waals surface area (Å²) < 4.78 is 0. The van der Waals surface area contributed by atoms with Gasteiger partial charge in [-0.15, -0.1) is 11.8 Å². The fourth-order valence-electron chi connectivity index (χ4n) is 2.36. The highest BCUT2D eigenvalue weighted by Crippen LogP contribution is 2.45. The molecule has 2 unspecified atom stereocenters. The number of urea groups is 1. The molecule has 1 aliphatic heterocycles. The molecule has 102 valence electrons. The van der Waals surface area contributed by atoms with Crippen molar-refractivity contribution in [2.24, 2.45) is 5.92 Å². The van der Waals surface area contributed by atoms with Crippen LogP contribution < -0.4 is 0 Å². The summed E-state index contributed by atoms with van der Waals surface area (Å²) in [7, 11) is 0. The van der Waals surface area contributed by atoms with E-state index >= 15 is 0 Å². The standard InChI is InChI=1S/C12H20N2O3S/c1-3-13(4-2)12(17)14-9(11(15)16)7-18-10(14)8-5-6-8/h8-10H,3-7H2,1-2H3,(H,15,16). The summed E-state index contributed by atoms with van der Waals surface area (Å²) in [5.41, 5.74) is 0. The maximum atomic E-state index is 12.4. The highest BCUT2D eigenvalue weighted by molar-refractivity contribution is 8.00. The molecule has 0 aromatic carbocycles. The Morgan fingerprint density at radius 1 is 1.33 bits per heavy atom. The van der Waals surface area contributed by atoms with Crippen molar-refractivity contribution in [3.8, 4) is 0 Å². The smallest absolute Gasteiger partial charge is 0.327 e. The van der Waals surface area contributed by atoms with Gasteiger partial charge in [0.1, 0.15) is 6.04 Å². The molecule has 5 nitrogen and oxygen atoms in total. The molecule has 2 fully saturated rings. The van der Waals surface area contributed by atoms with Crippen LogP contribution in [0.25, 0.3) is 0 Å². The summed E-state index contributed by atoms with van der Waals surface area (Å²) in [5, 5.41) is 9.32. The van der Waals surface area contributed by atoms with Crippen molar-refractivity contribution in [1.29, 1.82) is 0 Å². The lowest BCUT2D eigenvalue weighted by atomic mass is 10.2. The monoisotopic (exact) mass is 272 g/mol. The molecule has 2 rings (SSSR count). The Hall–Kier alpha value is -0.910. The van der Waals surface area contributed by atoms with Crippen LogP contribution in [0.2, 0.25) is 0 Å². The van der Waals surface area contributed by atoms with Gasteiger partial charge in [0.2, 0.25) is 0 Å². The zero-order valence-electron chi connectivity index (χ0n) is 10.8.